The number of ether oxygens (including phenoxy) is 1. The molecule has 6 heteroatoms. The average Bonchev–Trinajstić information content (AvgIpc) is 3.25. The van der Waals surface area contributed by atoms with E-state index in [9.17, 15) is 0 Å². The topological polar surface area (TPSA) is 76.6 Å². The molecular weight excluding hydrogens is 386 g/mol. The van der Waals surface area contributed by atoms with E-state index in [2.05, 4.69) is 46.2 Å². The molecule has 1 aromatic carbocycles. The largest absolute Gasteiger partial charge is 0.463 e. The Labute approximate surface area is 185 Å². The predicted molar refractivity (Wildman–Crippen MR) is 126 cm³/mol. The van der Waals surface area contributed by atoms with E-state index in [0.717, 1.165) is 11.3 Å². The van der Waals surface area contributed by atoms with E-state index >= 15 is 0 Å². The molecule has 2 aromatic rings. The molecule has 1 aliphatic carbocycles. The molecule has 0 atom stereocenters. The Morgan fingerprint density at radius 3 is 2.26 bits per heavy atom. The van der Waals surface area contributed by atoms with Gasteiger partial charge in [-0.25, -0.2) is 9.98 Å². The molecule has 0 spiro atoms. The summed E-state index contributed by atoms with van der Waals surface area (Å²) in [6.45, 7) is 6.64. The molecule has 3 aliphatic rings. The Morgan fingerprint density at radius 1 is 0.968 bits per heavy atom. The molecule has 31 heavy (non-hydrogen) atoms. The quantitative estimate of drug-likeness (QED) is 0.729. The fourth-order valence-corrected chi connectivity index (χ4v) is 4.73. The molecule has 2 fully saturated rings. The second-order valence-corrected chi connectivity index (χ2v) is 9.45. The summed E-state index contributed by atoms with van der Waals surface area (Å²) in [5, 5.41) is 0. The molecule has 1 aromatic heterocycles. The van der Waals surface area contributed by atoms with Gasteiger partial charge >= 0.3 is 0 Å². The molecule has 0 bridgehead atoms. The first-order valence-corrected chi connectivity index (χ1v) is 11.6. The number of likely N-dealkylation sites (tertiary alicyclic amines) is 1. The van der Waals surface area contributed by atoms with Gasteiger partial charge in [0.2, 0.25) is 5.88 Å². The van der Waals surface area contributed by atoms with Crippen LogP contribution in [0.4, 0.5) is 11.5 Å². The van der Waals surface area contributed by atoms with Gasteiger partial charge in [-0.1, -0.05) is 43.5 Å². The summed E-state index contributed by atoms with van der Waals surface area (Å²) in [7, 11) is 2.17. The van der Waals surface area contributed by atoms with Gasteiger partial charge in [-0.2, -0.15) is 4.98 Å². The number of fused-ring (bicyclic) bond motifs is 1. The second kappa shape index (κ2) is 9.35. The Kier molecular flexibility index (Phi) is 6.56. The normalized spacial score (nSPS) is 20.8. The van der Waals surface area contributed by atoms with E-state index in [0.29, 0.717) is 23.3 Å². The molecule has 1 saturated carbocycles. The van der Waals surface area contributed by atoms with Crippen LogP contribution in [0.25, 0.3) is 0 Å². The van der Waals surface area contributed by atoms with Gasteiger partial charge in [-0.3, -0.25) is 0 Å². The molecule has 166 valence electrons. The van der Waals surface area contributed by atoms with Gasteiger partial charge in [0.15, 0.2) is 11.5 Å². The van der Waals surface area contributed by atoms with Crippen LogP contribution in [0.2, 0.25) is 0 Å². The molecule has 5 rings (SSSR count). The van der Waals surface area contributed by atoms with Crippen LogP contribution in [0, 0.1) is 0 Å². The van der Waals surface area contributed by atoms with Gasteiger partial charge in [0.05, 0.1) is 5.71 Å². The standard InChI is InChI=1S/C20H24N4O.C5H11N/c1-20(2)17(24-16-18(21)22-12-23-19(16)25-20)15-10-8-14(9-11-15)13-6-4-3-5-7-13;1-6-4-2-3-5-6/h8-13H,3-7H2,1-2H3,(H2,21,22,23);2-5H2,1H3. The summed E-state index contributed by atoms with van der Waals surface area (Å²) in [4.78, 5) is 15.3. The molecule has 1 saturated heterocycles. The summed E-state index contributed by atoms with van der Waals surface area (Å²) in [5.74, 6) is 1.49. The number of hydrogen-bond acceptors (Lipinski definition) is 6. The van der Waals surface area contributed by atoms with Crippen molar-refractivity contribution in [2.45, 2.75) is 70.3 Å². The summed E-state index contributed by atoms with van der Waals surface area (Å²) >= 11 is 0. The van der Waals surface area contributed by atoms with E-state index in [-0.39, 0.29) is 0 Å². The highest BCUT2D eigenvalue weighted by atomic mass is 16.5. The van der Waals surface area contributed by atoms with Crippen LogP contribution in [0.5, 0.6) is 5.88 Å². The Hall–Kier alpha value is -2.47. The van der Waals surface area contributed by atoms with Crippen LogP contribution in [-0.2, 0) is 0 Å². The fourth-order valence-electron chi connectivity index (χ4n) is 4.73. The lowest BCUT2D eigenvalue weighted by Crippen LogP contribution is -2.41. The number of benzene rings is 1. The van der Waals surface area contributed by atoms with Crippen molar-refractivity contribution in [1.82, 2.24) is 14.9 Å². The molecule has 6 nitrogen and oxygen atoms in total. The summed E-state index contributed by atoms with van der Waals surface area (Å²) < 4.78 is 6.05. The zero-order chi connectivity index (χ0) is 21.8. The van der Waals surface area contributed by atoms with Crippen LogP contribution >= 0.6 is 0 Å². The maximum absolute atomic E-state index is 6.05. The average molecular weight is 422 g/mol. The second-order valence-electron chi connectivity index (χ2n) is 9.45. The lowest BCUT2D eigenvalue weighted by molar-refractivity contribution is 0.171. The van der Waals surface area contributed by atoms with Crippen LogP contribution in [0.15, 0.2) is 35.6 Å². The Morgan fingerprint density at radius 2 is 1.65 bits per heavy atom. The third kappa shape index (κ3) is 5.06. The molecule has 0 amide bonds. The monoisotopic (exact) mass is 421 g/mol. The Bertz CT molecular complexity index is 910. The lowest BCUT2D eigenvalue weighted by atomic mass is 9.83. The highest BCUT2D eigenvalue weighted by molar-refractivity contribution is 6.09. The third-order valence-corrected chi connectivity index (χ3v) is 6.55. The highest BCUT2D eigenvalue weighted by Gasteiger charge is 2.35. The lowest BCUT2D eigenvalue weighted by Gasteiger charge is -2.32. The Balaban J connectivity index is 0.000000334. The smallest absolute Gasteiger partial charge is 0.246 e. The number of nitrogen functional groups attached to an aromatic ring is 1. The maximum atomic E-state index is 6.05. The van der Waals surface area contributed by atoms with E-state index in [4.69, 9.17) is 15.5 Å². The molecule has 0 radical (unpaired) electrons. The van der Waals surface area contributed by atoms with Gasteiger partial charge < -0.3 is 15.4 Å². The minimum Gasteiger partial charge on any atom is -0.463 e. The summed E-state index contributed by atoms with van der Waals surface area (Å²) in [5.41, 5.74) is 9.25. The molecule has 2 aliphatic heterocycles. The number of aromatic nitrogens is 2. The van der Waals surface area contributed by atoms with Gasteiger partial charge in [0.1, 0.15) is 11.9 Å². The van der Waals surface area contributed by atoms with Crippen LogP contribution in [0.3, 0.4) is 0 Å². The number of hydrogen-bond donors (Lipinski definition) is 1. The molecule has 2 N–H and O–H groups in total. The van der Waals surface area contributed by atoms with Crippen molar-refractivity contribution in [3.05, 3.63) is 41.7 Å². The van der Waals surface area contributed by atoms with Crippen LogP contribution in [-0.4, -0.2) is 46.3 Å². The zero-order valence-electron chi connectivity index (χ0n) is 19.1. The number of anilines is 1. The number of nitrogens with two attached hydrogens (primary N) is 1. The van der Waals surface area contributed by atoms with Crippen molar-refractivity contribution in [3.63, 3.8) is 0 Å². The zero-order valence-corrected chi connectivity index (χ0v) is 19.1. The first kappa shape index (κ1) is 21.8. The SMILES string of the molecule is CC1(C)Oc2ncnc(N)c2N=C1c1ccc(C2CCCCC2)cc1.CN1CCCC1. The third-order valence-electron chi connectivity index (χ3n) is 6.55. The number of nitrogens with zero attached hydrogens (tertiary/aromatic N) is 4. The van der Waals surface area contributed by atoms with E-state index in [1.807, 2.05) is 13.8 Å². The molecule has 0 unspecified atom stereocenters. The highest BCUT2D eigenvalue weighted by Crippen LogP contribution is 2.39. The van der Waals surface area contributed by atoms with E-state index < -0.39 is 5.60 Å². The van der Waals surface area contributed by atoms with Crippen molar-refractivity contribution < 1.29 is 4.74 Å². The van der Waals surface area contributed by atoms with Gasteiger partial charge in [0.25, 0.3) is 0 Å². The van der Waals surface area contributed by atoms with Crippen molar-refractivity contribution >= 4 is 17.2 Å². The molecular formula is C25H35N5O. The fraction of sp³-hybridized carbons (Fsp3) is 0.560. The van der Waals surface area contributed by atoms with Crippen molar-refractivity contribution in [2.24, 2.45) is 4.99 Å². The van der Waals surface area contributed by atoms with Gasteiger partial charge in [-0.15, -0.1) is 0 Å². The molecule has 3 heterocycles. The summed E-state index contributed by atoms with van der Waals surface area (Å²) in [6, 6.07) is 8.78. The first-order chi connectivity index (χ1) is 14.9. The first-order valence-electron chi connectivity index (χ1n) is 11.6. The van der Waals surface area contributed by atoms with Gasteiger partial charge in [-0.05, 0) is 71.1 Å². The predicted octanol–water partition coefficient (Wildman–Crippen LogP) is 5.11. The summed E-state index contributed by atoms with van der Waals surface area (Å²) in [6.07, 6.45) is 10.9. The van der Waals surface area contributed by atoms with E-state index in [1.165, 1.54) is 69.9 Å². The minimum atomic E-state index is -0.569. The van der Waals surface area contributed by atoms with Crippen molar-refractivity contribution in [1.29, 1.82) is 0 Å². The maximum Gasteiger partial charge on any atom is 0.246 e. The number of aliphatic imine (C=N–C) groups is 1. The van der Waals surface area contributed by atoms with Crippen molar-refractivity contribution in [3.8, 4) is 5.88 Å². The van der Waals surface area contributed by atoms with E-state index in [1.54, 1.807) is 0 Å². The van der Waals surface area contributed by atoms with Gasteiger partial charge in [0, 0.05) is 5.56 Å². The van der Waals surface area contributed by atoms with Crippen molar-refractivity contribution in [2.75, 3.05) is 25.9 Å². The minimum absolute atomic E-state index is 0.344. The number of rotatable bonds is 2. The van der Waals surface area contributed by atoms with Crippen LogP contribution in [0.1, 0.15) is 75.8 Å². The van der Waals surface area contributed by atoms with Crippen LogP contribution < -0.4 is 10.5 Å².